The first-order valence-corrected chi connectivity index (χ1v) is 9.29. The average molecular weight is 306 g/mol. The number of carbonyl (C=O) groups is 1. The Hall–Kier alpha value is -0.770. The Morgan fingerprint density at radius 2 is 1.77 bits per heavy atom. The molecule has 0 radical (unpaired) electrons. The van der Waals surface area contributed by atoms with Gasteiger partial charge in [-0.3, -0.25) is 0 Å². The van der Waals surface area contributed by atoms with Crippen LogP contribution in [0.25, 0.3) is 0 Å². The highest BCUT2D eigenvalue weighted by molar-refractivity contribution is 5.74. The topological polar surface area (TPSA) is 52.6 Å². The van der Waals surface area contributed by atoms with Gasteiger partial charge in [0.2, 0.25) is 0 Å². The number of nitrogens with zero attached hydrogens (tertiary/aromatic N) is 1. The molecule has 0 unspecified atom stereocenters. The Morgan fingerprint density at radius 3 is 2.36 bits per heavy atom. The normalized spacial score (nSPS) is 43.4. The van der Waals surface area contributed by atoms with E-state index in [1.807, 2.05) is 4.90 Å². The molecular weight excluding hydrogens is 276 g/mol. The summed E-state index contributed by atoms with van der Waals surface area (Å²) >= 11 is 0. The van der Waals surface area contributed by atoms with E-state index in [9.17, 15) is 9.90 Å². The SMILES string of the molecule is O=C(NCC12CC3CC(CC(C3)C1)C2)N1CCC[C@H](CO)C1. The van der Waals surface area contributed by atoms with E-state index in [1.54, 1.807) is 0 Å². The third kappa shape index (κ3) is 2.75. The summed E-state index contributed by atoms with van der Waals surface area (Å²) in [5.74, 6) is 3.10. The van der Waals surface area contributed by atoms with Crippen LogP contribution in [0.4, 0.5) is 4.79 Å². The van der Waals surface area contributed by atoms with E-state index in [-0.39, 0.29) is 18.6 Å². The van der Waals surface area contributed by atoms with E-state index in [2.05, 4.69) is 5.32 Å². The summed E-state index contributed by atoms with van der Waals surface area (Å²) in [5, 5.41) is 12.6. The van der Waals surface area contributed by atoms with Crippen LogP contribution in [0, 0.1) is 29.1 Å². The maximum Gasteiger partial charge on any atom is 0.317 e. The highest BCUT2D eigenvalue weighted by Crippen LogP contribution is 2.59. The summed E-state index contributed by atoms with van der Waals surface area (Å²) in [5.41, 5.74) is 0.413. The Balaban J connectivity index is 1.33. The number of urea groups is 1. The molecule has 124 valence electrons. The van der Waals surface area contributed by atoms with Gasteiger partial charge < -0.3 is 15.3 Å². The predicted molar refractivity (Wildman–Crippen MR) is 85.4 cm³/mol. The van der Waals surface area contributed by atoms with Crippen molar-refractivity contribution in [3.8, 4) is 0 Å². The summed E-state index contributed by atoms with van der Waals surface area (Å²) in [7, 11) is 0. The fraction of sp³-hybridized carbons (Fsp3) is 0.944. The van der Waals surface area contributed by atoms with Crippen molar-refractivity contribution in [1.82, 2.24) is 10.2 Å². The number of piperidine rings is 1. The van der Waals surface area contributed by atoms with E-state index in [0.717, 1.165) is 50.2 Å². The van der Waals surface area contributed by atoms with Crippen LogP contribution in [0.1, 0.15) is 51.4 Å². The smallest absolute Gasteiger partial charge is 0.317 e. The number of nitrogens with one attached hydrogen (secondary N) is 1. The summed E-state index contributed by atoms with van der Waals surface area (Å²) < 4.78 is 0. The lowest BCUT2D eigenvalue weighted by molar-refractivity contribution is -0.0503. The maximum absolute atomic E-state index is 12.5. The zero-order valence-electron chi connectivity index (χ0n) is 13.6. The quantitative estimate of drug-likeness (QED) is 0.842. The molecule has 4 aliphatic carbocycles. The van der Waals surface area contributed by atoms with Gasteiger partial charge in [-0.2, -0.15) is 0 Å². The summed E-state index contributed by atoms with van der Waals surface area (Å²) in [6.45, 7) is 2.67. The van der Waals surface area contributed by atoms with E-state index < -0.39 is 0 Å². The zero-order chi connectivity index (χ0) is 15.2. The van der Waals surface area contributed by atoms with Gasteiger partial charge in [0, 0.05) is 26.2 Å². The van der Waals surface area contributed by atoms with Crippen molar-refractivity contribution in [2.75, 3.05) is 26.2 Å². The second-order valence-electron chi connectivity index (χ2n) is 8.71. The van der Waals surface area contributed by atoms with E-state index in [1.165, 1.54) is 38.5 Å². The van der Waals surface area contributed by atoms with Crippen LogP contribution in [0.2, 0.25) is 0 Å². The molecule has 2 amide bonds. The molecule has 1 aliphatic heterocycles. The van der Waals surface area contributed by atoms with Crippen LogP contribution < -0.4 is 5.32 Å². The van der Waals surface area contributed by atoms with Gasteiger partial charge in [-0.1, -0.05) is 0 Å². The number of hydrogen-bond acceptors (Lipinski definition) is 2. The molecule has 1 saturated heterocycles. The van der Waals surface area contributed by atoms with Crippen molar-refractivity contribution in [1.29, 1.82) is 0 Å². The second-order valence-corrected chi connectivity index (χ2v) is 8.71. The molecule has 0 aromatic carbocycles. The number of likely N-dealkylation sites (tertiary alicyclic amines) is 1. The monoisotopic (exact) mass is 306 g/mol. The van der Waals surface area contributed by atoms with Gasteiger partial charge >= 0.3 is 6.03 Å². The average Bonchev–Trinajstić information content (AvgIpc) is 2.51. The van der Waals surface area contributed by atoms with Crippen LogP contribution in [-0.4, -0.2) is 42.3 Å². The molecule has 0 spiro atoms. The van der Waals surface area contributed by atoms with Crippen LogP contribution in [-0.2, 0) is 0 Å². The first-order valence-electron chi connectivity index (χ1n) is 9.29. The number of carbonyl (C=O) groups excluding carboxylic acids is 1. The van der Waals surface area contributed by atoms with Crippen molar-refractivity contribution < 1.29 is 9.90 Å². The molecule has 5 fully saturated rings. The van der Waals surface area contributed by atoms with Crippen molar-refractivity contribution in [2.24, 2.45) is 29.1 Å². The van der Waals surface area contributed by atoms with Gasteiger partial charge in [0.1, 0.15) is 0 Å². The van der Waals surface area contributed by atoms with Crippen LogP contribution in [0.3, 0.4) is 0 Å². The highest BCUT2D eigenvalue weighted by atomic mass is 16.3. The lowest BCUT2D eigenvalue weighted by Gasteiger charge is -2.57. The molecule has 4 nitrogen and oxygen atoms in total. The molecule has 0 aromatic rings. The van der Waals surface area contributed by atoms with Gasteiger partial charge in [-0.15, -0.1) is 0 Å². The Bertz CT molecular complexity index is 402. The summed E-state index contributed by atoms with van der Waals surface area (Å²) in [4.78, 5) is 14.4. The molecule has 4 saturated carbocycles. The van der Waals surface area contributed by atoms with E-state index in [4.69, 9.17) is 0 Å². The Labute approximate surface area is 133 Å². The van der Waals surface area contributed by atoms with Crippen LogP contribution >= 0.6 is 0 Å². The summed E-state index contributed by atoms with van der Waals surface area (Å²) in [6, 6.07) is 0.105. The number of rotatable bonds is 3. The number of hydrogen-bond donors (Lipinski definition) is 2. The molecule has 1 heterocycles. The summed E-state index contributed by atoms with van der Waals surface area (Å²) in [6.07, 6.45) is 10.5. The van der Waals surface area contributed by atoms with Crippen LogP contribution in [0.15, 0.2) is 0 Å². The molecule has 22 heavy (non-hydrogen) atoms. The minimum absolute atomic E-state index is 0.105. The molecular formula is C18H30N2O2. The minimum Gasteiger partial charge on any atom is -0.396 e. The van der Waals surface area contributed by atoms with Crippen molar-refractivity contribution in [3.63, 3.8) is 0 Å². The van der Waals surface area contributed by atoms with E-state index in [0.29, 0.717) is 5.41 Å². The first kappa shape index (κ1) is 14.8. The highest BCUT2D eigenvalue weighted by Gasteiger charge is 2.50. The Morgan fingerprint density at radius 1 is 1.14 bits per heavy atom. The molecule has 2 N–H and O–H groups in total. The zero-order valence-corrected chi connectivity index (χ0v) is 13.6. The number of amides is 2. The van der Waals surface area contributed by atoms with Crippen molar-refractivity contribution in [3.05, 3.63) is 0 Å². The lowest BCUT2D eigenvalue weighted by atomic mass is 9.49. The lowest BCUT2D eigenvalue weighted by Crippen LogP contribution is -2.53. The van der Waals surface area contributed by atoms with Gasteiger partial charge in [0.05, 0.1) is 0 Å². The molecule has 4 bridgehead atoms. The number of aliphatic hydroxyl groups is 1. The van der Waals surface area contributed by atoms with E-state index >= 15 is 0 Å². The van der Waals surface area contributed by atoms with Gasteiger partial charge in [0.25, 0.3) is 0 Å². The van der Waals surface area contributed by atoms with Gasteiger partial charge in [0.15, 0.2) is 0 Å². The molecule has 5 rings (SSSR count). The Kier molecular flexibility index (Phi) is 3.83. The fourth-order valence-corrected chi connectivity index (χ4v) is 6.28. The largest absolute Gasteiger partial charge is 0.396 e. The molecule has 4 heteroatoms. The molecule has 1 atom stereocenters. The second kappa shape index (κ2) is 5.70. The third-order valence-corrected chi connectivity index (χ3v) is 6.84. The fourth-order valence-electron chi connectivity index (χ4n) is 6.28. The molecule has 0 aromatic heterocycles. The minimum atomic E-state index is 0.105. The first-order chi connectivity index (χ1) is 10.7. The van der Waals surface area contributed by atoms with Crippen molar-refractivity contribution in [2.45, 2.75) is 51.4 Å². The van der Waals surface area contributed by atoms with Crippen molar-refractivity contribution >= 4 is 6.03 Å². The third-order valence-electron chi connectivity index (χ3n) is 6.84. The standard InChI is InChI=1S/C18H30N2O2/c21-11-13-2-1-3-20(10-13)17(22)19-12-18-7-14-4-15(8-18)6-16(5-14)9-18/h13-16,21H,1-12H2,(H,19,22)/t13-,14?,15?,16?,18?/m0/s1. The van der Waals surface area contributed by atoms with Gasteiger partial charge in [-0.25, -0.2) is 4.79 Å². The van der Waals surface area contributed by atoms with Crippen LogP contribution in [0.5, 0.6) is 0 Å². The maximum atomic E-state index is 12.5. The predicted octanol–water partition coefficient (Wildman–Crippen LogP) is 2.62. The molecule has 5 aliphatic rings. The van der Waals surface area contributed by atoms with Gasteiger partial charge in [-0.05, 0) is 80.5 Å². The number of aliphatic hydroxyl groups excluding tert-OH is 1.